The molecule has 0 saturated carbocycles. The van der Waals surface area contributed by atoms with E-state index in [1.807, 2.05) is 0 Å². The topological polar surface area (TPSA) is 93.2 Å². The minimum absolute atomic E-state index is 0.157. The fraction of sp³-hybridized carbons (Fsp3) is 0.0526. The third-order valence-corrected chi connectivity index (χ3v) is 3.58. The van der Waals surface area contributed by atoms with Gasteiger partial charge in [0.25, 0.3) is 5.91 Å². The van der Waals surface area contributed by atoms with Crippen LogP contribution in [0.3, 0.4) is 0 Å². The molecule has 0 radical (unpaired) electrons. The van der Waals surface area contributed by atoms with Crippen LogP contribution in [0.15, 0.2) is 60.9 Å². The SMILES string of the molecule is COC(=O)c1cccc(NC(=O)c2cnc(Nc3ccccc3F)nc2)c1. The van der Waals surface area contributed by atoms with Crippen molar-refractivity contribution in [2.75, 3.05) is 17.7 Å². The minimum Gasteiger partial charge on any atom is -0.465 e. The van der Waals surface area contributed by atoms with Gasteiger partial charge in [-0.05, 0) is 30.3 Å². The van der Waals surface area contributed by atoms with Gasteiger partial charge in [-0.2, -0.15) is 0 Å². The number of hydrogen-bond acceptors (Lipinski definition) is 6. The van der Waals surface area contributed by atoms with Gasteiger partial charge in [-0.1, -0.05) is 18.2 Å². The summed E-state index contributed by atoms with van der Waals surface area (Å²) in [5, 5.41) is 5.38. The average Bonchev–Trinajstić information content (AvgIpc) is 2.70. The average molecular weight is 366 g/mol. The Morgan fingerprint density at radius 1 is 1.00 bits per heavy atom. The molecule has 8 heteroatoms. The molecule has 1 heterocycles. The number of nitrogens with one attached hydrogen (secondary N) is 2. The van der Waals surface area contributed by atoms with Gasteiger partial charge in [-0.15, -0.1) is 0 Å². The van der Waals surface area contributed by atoms with Crippen molar-refractivity contribution in [2.45, 2.75) is 0 Å². The Kier molecular flexibility index (Phi) is 5.36. The van der Waals surface area contributed by atoms with Crippen LogP contribution in [0, 0.1) is 5.82 Å². The van der Waals surface area contributed by atoms with Gasteiger partial charge >= 0.3 is 5.97 Å². The highest BCUT2D eigenvalue weighted by atomic mass is 19.1. The number of halogens is 1. The molecule has 0 bridgehead atoms. The van der Waals surface area contributed by atoms with Crippen molar-refractivity contribution >= 4 is 29.2 Å². The predicted molar refractivity (Wildman–Crippen MR) is 97.4 cm³/mol. The van der Waals surface area contributed by atoms with E-state index < -0.39 is 17.7 Å². The molecular formula is C19H15FN4O3. The summed E-state index contributed by atoms with van der Waals surface area (Å²) in [6, 6.07) is 12.4. The third-order valence-electron chi connectivity index (χ3n) is 3.58. The molecule has 1 amide bonds. The maximum atomic E-state index is 13.6. The molecule has 0 aliphatic rings. The normalized spacial score (nSPS) is 10.1. The van der Waals surface area contributed by atoms with Crippen molar-refractivity contribution in [1.29, 1.82) is 0 Å². The number of carbonyl (C=O) groups excluding carboxylic acids is 2. The molecule has 7 nitrogen and oxygen atoms in total. The zero-order valence-corrected chi connectivity index (χ0v) is 14.3. The second-order valence-electron chi connectivity index (χ2n) is 5.43. The lowest BCUT2D eigenvalue weighted by Crippen LogP contribution is -2.13. The lowest BCUT2D eigenvalue weighted by molar-refractivity contribution is 0.0600. The fourth-order valence-corrected chi connectivity index (χ4v) is 2.24. The van der Waals surface area contributed by atoms with Crippen LogP contribution in [0.2, 0.25) is 0 Å². The highest BCUT2D eigenvalue weighted by Gasteiger charge is 2.11. The van der Waals surface area contributed by atoms with E-state index in [1.165, 1.54) is 31.6 Å². The number of anilines is 3. The van der Waals surface area contributed by atoms with Gasteiger partial charge in [0.05, 0.1) is 23.9 Å². The quantitative estimate of drug-likeness (QED) is 0.672. The zero-order valence-electron chi connectivity index (χ0n) is 14.3. The van der Waals surface area contributed by atoms with E-state index in [1.54, 1.807) is 36.4 Å². The van der Waals surface area contributed by atoms with E-state index in [2.05, 4.69) is 25.3 Å². The molecule has 3 aromatic rings. The van der Waals surface area contributed by atoms with Crippen LogP contribution in [0.1, 0.15) is 20.7 Å². The van der Waals surface area contributed by atoms with Gasteiger partial charge in [0.1, 0.15) is 5.82 Å². The molecule has 0 aliphatic carbocycles. The largest absolute Gasteiger partial charge is 0.465 e. The number of para-hydroxylation sites is 1. The van der Waals surface area contributed by atoms with Crippen LogP contribution < -0.4 is 10.6 Å². The number of aromatic nitrogens is 2. The van der Waals surface area contributed by atoms with Gasteiger partial charge in [-0.25, -0.2) is 19.2 Å². The highest BCUT2D eigenvalue weighted by Crippen LogP contribution is 2.17. The molecule has 0 aliphatic heterocycles. The van der Waals surface area contributed by atoms with Gasteiger partial charge in [0, 0.05) is 18.1 Å². The maximum absolute atomic E-state index is 13.6. The van der Waals surface area contributed by atoms with Crippen molar-refractivity contribution < 1.29 is 18.7 Å². The van der Waals surface area contributed by atoms with E-state index in [0.29, 0.717) is 11.3 Å². The van der Waals surface area contributed by atoms with Gasteiger partial charge in [-0.3, -0.25) is 4.79 Å². The number of carbonyl (C=O) groups is 2. The summed E-state index contributed by atoms with van der Waals surface area (Å²) in [7, 11) is 1.28. The number of amides is 1. The molecule has 3 rings (SSSR count). The molecule has 0 unspecified atom stereocenters. The number of rotatable bonds is 5. The number of benzene rings is 2. The smallest absolute Gasteiger partial charge is 0.337 e. The number of nitrogens with zero attached hydrogens (tertiary/aromatic N) is 2. The van der Waals surface area contributed by atoms with Crippen LogP contribution in [0.25, 0.3) is 0 Å². The first-order chi connectivity index (χ1) is 13.1. The Labute approximate surface area is 154 Å². The molecule has 0 atom stereocenters. The van der Waals surface area contributed by atoms with Crippen LogP contribution in [0.4, 0.5) is 21.7 Å². The first kappa shape index (κ1) is 18.0. The van der Waals surface area contributed by atoms with Gasteiger partial charge in [0.15, 0.2) is 0 Å². The van der Waals surface area contributed by atoms with E-state index in [4.69, 9.17) is 0 Å². The van der Waals surface area contributed by atoms with E-state index >= 15 is 0 Å². The monoisotopic (exact) mass is 366 g/mol. The van der Waals surface area contributed by atoms with Crippen molar-refractivity contribution in [3.63, 3.8) is 0 Å². The van der Waals surface area contributed by atoms with Gasteiger partial charge in [0.2, 0.25) is 5.95 Å². The Bertz CT molecular complexity index is 977. The second kappa shape index (κ2) is 8.05. The lowest BCUT2D eigenvalue weighted by atomic mass is 10.2. The number of hydrogen-bond donors (Lipinski definition) is 2. The summed E-state index contributed by atoms with van der Waals surface area (Å²) in [5.41, 5.74) is 1.18. The van der Waals surface area contributed by atoms with Crippen LogP contribution in [0.5, 0.6) is 0 Å². The number of methoxy groups -OCH3 is 1. The summed E-state index contributed by atoms with van der Waals surface area (Å²) in [5.74, 6) is -1.23. The molecule has 27 heavy (non-hydrogen) atoms. The maximum Gasteiger partial charge on any atom is 0.337 e. The Morgan fingerprint density at radius 3 is 2.44 bits per heavy atom. The predicted octanol–water partition coefficient (Wildman–Crippen LogP) is 3.40. The molecule has 0 fully saturated rings. The molecule has 1 aromatic heterocycles. The molecular weight excluding hydrogens is 351 g/mol. The summed E-state index contributed by atoms with van der Waals surface area (Å²) in [4.78, 5) is 31.9. The van der Waals surface area contributed by atoms with Crippen molar-refractivity contribution in [2.24, 2.45) is 0 Å². The molecule has 2 aromatic carbocycles. The molecule has 0 saturated heterocycles. The third kappa shape index (κ3) is 4.43. The Balaban J connectivity index is 1.69. The summed E-state index contributed by atoms with van der Waals surface area (Å²) < 4.78 is 18.3. The first-order valence-electron chi connectivity index (χ1n) is 7.90. The van der Waals surface area contributed by atoms with E-state index in [0.717, 1.165) is 0 Å². The zero-order chi connectivity index (χ0) is 19.2. The molecule has 136 valence electrons. The first-order valence-corrected chi connectivity index (χ1v) is 7.90. The second-order valence-corrected chi connectivity index (χ2v) is 5.43. The Hall–Kier alpha value is -3.81. The van der Waals surface area contributed by atoms with E-state index in [9.17, 15) is 14.0 Å². The van der Waals surface area contributed by atoms with Crippen molar-refractivity contribution in [1.82, 2.24) is 9.97 Å². The van der Waals surface area contributed by atoms with Crippen molar-refractivity contribution in [3.05, 3.63) is 77.9 Å². The highest BCUT2D eigenvalue weighted by molar-refractivity contribution is 6.04. The van der Waals surface area contributed by atoms with Crippen LogP contribution >= 0.6 is 0 Å². The number of ether oxygens (including phenoxy) is 1. The molecule has 0 spiro atoms. The summed E-state index contributed by atoms with van der Waals surface area (Å²) in [6.07, 6.45) is 2.63. The standard InChI is InChI=1S/C19H15FN4O3/c1-27-18(26)12-5-4-6-14(9-12)23-17(25)13-10-21-19(22-11-13)24-16-8-3-2-7-15(16)20/h2-11H,1H3,(H,23,25)(H,21,22,24). The Morgan fingerprint density at radius 2 is 1.74 bits per heavy atom. The summed E-state index contributed by atoms with van der Waals surface area (Å²) in [6.45, 7) is 0. The van der Waals surface area contributed by atoms with Crippen LogP contribution in [-0.2, 0) is 4.74 Å². The lowest BCUT2D eigenvalue weighted by Gasteiger charge is -2.08. The molecule has 2 N–H and O–H groups in total. The van der Waals surface area contributed by atoms with Crippen LogP contribution in [-0.4, -0.2) is 29.0 Å². The fourth-order valence-electron chi connectivity index (χ4n) is 2.24. The van der Waals surface area contributed by atoms with Crippen molar-refractivity contribution in [3.8, 4) is 0 Å². The van der Waals surface area contributed by atoms with Gasteiger partial charge < -0.3 is 15.4 Å². The van der Waals surface area contributed by atoms with E-state index in [-0.39, 0.29) is 17.2 Å². The number of esters is 1. The minimum atomic E-state index is -0.502. The summed E-state index contributed by atoms with van der Waals surface area (Å²) >= 11 is 0.